The summed E-state index contributed by atoms with van der Waals surface area (Å²) >= 11 is 4.02. The molecular weight excluding hydrogens is 661 g/mol. The molecule has 1 aliphatic carbocycles. The predicted molar refractivity (Wildman–Crippen MR) is 215 cm³/mol. The van der Waals surface area contributed by atoms with E-state index in [1.807, 2.05) is 29.2 Å². The SMILES string of the molecule is C1=C(N(c2ccc(-c3ccccc3)cc2)c2cccc3oc4ccccc4c23)CCC(N2c3c(sc4ccccc34)C3Sc4ccccc4C32)=C1. The molecule has 8 aromatic rings. The lowest BCUT2D eigenvalue weighted by Gasteiger charge is -2.35. The lowest BCUT2D eigenvalue weighted by Crippen LogP contribution is -2.27. The van der Waals surface area contributed by atoms with Gasteiger partial charge in [0.2, 0.25) is 0 Å². The Hall–Kier alpha value is -5.49. The fourth-order valence-electron chi connectivity index (χ4n) is 8.46. The third-order valence-electron chi connectivity index (χ3n) is 10.7. The number of allylic oxidation sites excluding steroid dienone is 4. The van der Waals surface area contributed by atoms with Gasteiger partial charge in [-0.25, -0.2) is 0 Å². The van der Waals surface area contributed by atoms with E-state index < -0.39 is 0 Å². The summed E-state index contributed by atoms with van der Waals surface area (Å²) in [6.45, 7) is 0. The molecule has 3 aliphatic rings. The molecular formula is C46H32N2OS2. The van der Waals surface area contributed by atoms with Crippen LogP contribution in [0.25, 0.3) is 43.2 Å². The van der Waals surface area contributed by atoms with E-state index in [0.717, 1.165) is 46.2 Å². The minimum Gasteiger partial charge on any atom is -0.456 e. The molecule has 3 nitrogen and oxygen atoms in total. The van der Waals surface area contributed by atoms with Crippen LogP contribution in [0.5, 0.6) is 0 Å². The van der Waals surface area contributed by atoms with Crippen LogP contribution in [0.4, 0.5) is 17.1 Å². The number of nitrogens with zero attached hydrogens (tertiary/aromatic N) is 2. The Bertz CT molecular complexity index is 2700. The van der Waals surface area contributed by atoms with Gasteiger partial charge < -0.3 is 14.2 Å². The molecule has 244 valence electrons. The molecule has 51 heavy (non-hydrogen) atoms. The van der Waals surface area contributed by atoms with Crippen LogP contribution in [-0.2, 0) is 0 Å². The highest BCUT2D eigenvalue weighted by atomic mass is 32.2. The minimum atomic E-state index is 0.311. The highest BCUT2D eigenvalue weighted by Gasteiger charge is 2.48. The lowest BCUT2D eigenvalue weighted by molar-refractivity contribution is 0.669. The zero-order valence-corrected chi connectivity index (χ0v) is 29.3. The topological polar surface area (TPSA) is 19.6 Å². The Morgan fingerprint density at radius 2 is 1.37 bits per heavy atom. The molecule has 0 saturated heterocycles. The van der Waals surface area contributed by atoms with E-state index in [-0.39, 0.29) is 0 Å². The average Bonchev–Trinajstić information content (AvgIpc) is 3.94. The van der Waals surface area contributed by atoms with Gasteiger partial charge in [0.1, 0.15) is 11.2 Å². The largest absolute Gasteiger partial charge is 0.456 e. The lowest BCUT2D eigenvalue weighted by atomic mass is 9.99. The van der Waals surface area contributed by atoms with Crippen molar-refractivity contribution in [2.45, 2.75) is 29.0 Å². The number of fused-ring (bicyclic) bond motifs is 10. The van der Waals surface area contributed by atoms with Crippen LogP contribution in [-0.4, -0.2) is 0 Å². The zero-order valence-electron chi connectivity index (χ0n) is 27.7. The molecule has 2 aromatic heterocycles. The van der Waals surface area contributed by atoms with Crippen molar-refractivity contribution in [3.8, 4) is 11.1 Å². The molecule has 2 unspecified atom stereocenters. The Balaban J connectivity index is 1.06. The van der Waals surface area contributed by atoms with Crippen molar-refractivity contribution in [1.82, 2.24) is 0 Å². The fraction of sp³-hybridized carbons (Fsp3) is 0.0870. The number of thiophene rings is 1. The summed E-state index contributed by atoms with van der Waals surface area (Å²) in [6, 6.07) is 52.8. The smallest absolute Gasteiger partial charge is 0.137 e. The van der Waals surface area contributed by atoms with Crippen LogP contribution in [0, 0.1) is 0 Å². The molecule has 0 bridgehead atoms. The number of hydrogen-bond donors (Lipinski definition) is 0. The number of furan rings is 1. The molecule has 0 radical (unpaired) electrons. The molecule has 0 N–H and O–H groups in total. The maximum Gasteiger partial charge on any atom is 0.137 e. The van der Waals surface area contributed by atoms with Crippen molar-refractivity contribution in [1.29, 1.82) is 0 Å². The molecule has 4 heterocycles. The molecule has 11 rings (SSSR count). The first kappa shape index (κ1) is 29.3. The van der Waals surface area contributed by atoms with Gasteiger partial charge in [-0.05, 0) is 84.1 Å². The van der Waals surface area contributed by atoms with Gasteiger partial charge in [-0.2, -0.15) is 0 Å². The first-order chi connectivity index (χ1) is 25.3. The van der Waals surface area contributed by atoms with E-state index >= 15 is 0 Å². The monoisotopic (exact) mass is 692 g/mol. The molecule has 0 amide bonds. The molecule has 6 aromatic carbocycles. The molecule has 2 aliphatic heterocycles. The summed E-state index contributed by atoms with van der Waals surface area (Å²) < 4.78 is 7.77. The third kappa shape index (κ3) is 4.51. The van der Waals surface area contributed by atoms with Crippen molar-refractivity contribution in [2.24, 2.45) is 0 Å². The minimum absolute atomic E-state index is 0.311. The van der Waals surface area contributed by atoms with Gasteiger partial charge >= 0.3 is 0 Å². The number of benzene rings is 6. The molecule has 0 spiro atoms. The number of anilines is 3. The number of para-hydroxylation sites is 1. The van der Waals surface area contributed by atoms with Gasteiger partial charge in [0.05, 0.1) is 28.1 Å². The van der Waals surface area contributed by atoms with Gasteiger partial charge in [0, 0.05) is 42.3 Å². The molecule has 5 heteroatoms. The van der Waals surface area contributed by atoms with Crippen molar-refractivity contribution < 1.29 is 4.42 Å². The summed E-state index contributed by atoms with van der Waals surface area (Å²) in [5.74, 6) is 0. The summed E-state index contributed by atoms with van der Waals surface area (Å²) in [5.41, 5.74) is 12.1. The maximum atomic E-state index is 6.39. The van der Waals surface area contributed by atoms with Crippen LogP contribution < -0.4 is 9.80 Å². The van der Waals surface area contributed by atoms with E-state index in [2.05, 4.69) is 161 Å². The Morgan fingerprint density at radius 1 is 0.627 bits per heavy atom. The summed E-state index contributed by atoms with van der Waals surface area (Å²) in [7, 11) is 0. The Morgan fingerprint density at radius 3 is 2.24 bits per heavy atom. The van der Waals surface area contributed by atoms with Gasteiger partial charge in [0.15, 0.2) is 0 Å². The average molecular weight is 693 g/mol. The van der Waals surface area contributed by atoms with Crippen molar-refractivity contribution in [2.75, 3.05) is 9.80 Å². The van der Waals surface area contributed by atoms with Crippen LogP contribution in [0.1, 0.15) is 34.6 Å². The number of hydrogen-bond acceptors (Lipinski definition) is 5. The Labute approximate surface area is 304 Å². The van der Waals surface area contributed by atoms with Crippen molar-refractivity contribution >= 4 is 72.2 Å². The van der Waals surface area contributed by atoms with E-state index in [1.165, 1.54) is 53.6 Å². The summed E-state index contributed by atoms with van der Waals surface area (Å²) in [4.78, 5) is 8.09. The van der Waals surface area contributed by atoms with Crippen LogP contribution in [0.15, 0.2) is 178 Å². The van der Waals surface area contributed by atoms with Gasteiger partial charge in [-0.15, -0.1) is 23.1 Å². The zero-order chi connectivity index (χ0) is 33.5. The highest BCUT2D eigenvalue weighted by molar-refractivity contribution is 8.00. The molecule has 0 saturated carbocycles. The second-order valence-corrected chi connectivity index (χ2v) is 15.8. The second kappa shape index (κ2) is 11.5. The maximum absolute atomic E-state index is 6.39. The predicted octanol–water partition coefficient (Wildman–Crippen LogP) is 13.6. The quantitative estimate of drug-likeness (QED) is 0.179. The number of rotatable bonds is 5. The third-order valence-corrected chi connectivity index (χ3v) is 13.5. The second-order valence-electron chi connectivity index (χ2n) is 13.5. The van der Waals surface area contributed by atoms with Crippen LogP contribution in [0.3, 0.4) is 0 Å². The normalized spacial score (nSPS) is 17.8. The van der Waals surface area contributed by atoms with Crippen LogP contribution >= 0.6 is 23.1 Å². The fourth-order valence-corrected chi connectivity index (χ4v) is 11.3. The highest BCUT2D eigenvalue weighted by Crippen LogP contribution is 2.67. The van der Waals surface area contributed by atoms with Gasteiger partial charge in [-0.3, -0.25) is 0 Å². The van der Waals surface area contributed by atoms with E-state index in [9.17, 15) is 0 Å². The van der Waals surface area contributed by atoms with Crippen LogP contribution in [0.2, 0.25) is 0 Å². The van der Waals surface area contributed by atoms with E-state index in [0.29, 0.717) is 11.3 Å². The first-order valence-corrected chi connectivity index (χ1v) is 19.3. The summed E-state index contributed by atoms with van der Waals surface area (Å²) in [5, 5.41) is 4.07. The number of thioether (sulfide) groups is 1. The molecule has 2 atom stereocenters. The van der Waals surface area contributed by atoms with Crippen molar-refractivity contribution in [3.05, 3.63) is 180 Å². The van der Waals surface area contributed by atoms with Crippen molar-refractivity contribution in [3.63, 3.8) is 0 Å². The summed E-state index contributed by atoms with van der Waals surface area (Å²) in [6.07, 6.45) is 6.65. The van der Waals surface area contributed by atoms with E-state index in [4.69, 9.17) is 4.42 Å². The Kier molecular flexibility index (Phi) is 6.61. The molecule has 0 fully saturated rings. The standard InChI is InChI=1S/C46H32N2OS2/c1-2-11-29(12-3-1)30-21-23-31(24-22-30)47(37-16-10-18-39-42(37)34-13-4-7-17-38(34)49-39)32-25-27-33(28-26-32)48-43-35-14-5-8-19-40(35)50-45(43)46-44(48)36-15-6-9-20-41(36)51-46/h1-25,27,43,45H,26,28H2. The van der Waals surface area contributed by atoms with Gasteiger partial charge in [-0.1, -0.05) is 103 Å². The first-order valence-electron chi connectivity index (χ1n) is 17.6. The van der Waals surface area contributed by atoms with Gasteiger partial charge in [0.25, 0.3) is 0 Å². The van der Waals surface area contributed by atoms with E-state index in [1.54, 1.807) is 0 Å².